The number of fused-ring (bicyclic) bond motifs is 3. The van der Waals surface area contributed by atoms with Crippen LogP contribution in [0.15, 0.2) is 41.0 Å². The van der Waals surface area contributed by atoms with Crippen molar-refractivity contribution in [3.63, 3.8) is 0 Å². The summed E-state index contributed by atoms with van der Waals surface area (Å²) >= 11 is 3.25. The minimum atomic E-state index is -2.27. The van der Waals surface area contributed by atoms with E-state index < -0.39 is 17.1 Å². The maximum absolute atomic E-state index is 15.9. The zero-order valence-corrected chi connectivity index (χ0v) is 14.6. The van der Waals surface area contributed by atoms with Crippen LogP contribution in [0.3, 0.4) is 0 Å². The van der Waals surface area contributed by atoms with Gasteiger partial charge in [0.1, 0.15) is 11.4 Å². The number of halogens is 3. The fourth-order valence-corrected chi connectivity index (χ4v) is 3.37. The molecule has 1 aliphatic rings. The first-order valence-corrected chi connectivity index (χ1v) is 8.22. The number of hydrogen-bond donors (Lipinski definition) is 1. The molecule has 25 heavy (non-hydrogen) atoms. The van der Waals surface area contributed by atoms with Gasteiger partial charge in [-0.05, 0) is 57.5 Å². The van der Waals surface area contributed by atoms with Gasteiger partial charge in [-0.25, -0.2) is 13.5 Å². The van der Waals surface area contributed by atoms with Crippen LogP contribution in [0, 0.1) is 5.82 Å². The summed E-state index contributed by atoms with van der Waals surface area (Å²) in [6.07, 6.45) is 1.45. The molecule has 2 unspecified atom stereocenters. The molecule has 0 aliphatic carbocycles. The van der Waals surface area contributed by atoms with Crippen molar-refractivity contribution >= 4 is 15.9 Å². The molecule has 4 rings (SSSR count). The van der Waals surface area contributed by atoms with Gasteiger partial charge in [0, 0.05) is 21.8 Å². The van der Waals surface area contributed by atoms with E-state index in [0.29, 0.717) is 4.47 Å². The maximum atomic E-state index is 15.9. The van der Waals surface area contributed by atoms with E-state index in [1.54, 1.807) is 6.07 Å². The fourth-order valence-electron chi connectivity index (χ4n) is 3.13. The highest BCUT2D eigenvalue weighted by Gasteiger charge is 2.55. The Kier molecular flexibility index (Phi) is 3.48. The number of tetrazole rings is 1. The van der Waals surface area contributed by atoms with Crippen LogP contribution in [0.1, 0.15) is 18.2 Å². The van der Waals surface area contributed by atoms with Gasteiger partial charge in [-0.1, -0.05) is 6.07 Å². The zero-order chi connectivity index (χ0) is 17.8. The van der Waals surface area contributed by atoms with Crippen LogP contribution in [0.2, 0.25) is 0 Å². The standard InChI is InChI=1S/C16H12BrF2N5O/c1-15(19,13-5-2-9(17)7-20-13)16(25)8-24-14(21-22-23-24)11-6-10(18)3-4-12(11)16/h2-7,25H,8H2,1H3. The normalized spacial score (nSPS) is 21.3. The van der Waals surface area contributed by atoms with Gasteiger partial charge in [0.25, 0.3) is 0 Å². The number of benzene rings is 1. The van der Waals surface area contributed by atoms with Gasteiger partial charge in [-0.3, -0.25) is 4.98 Å². The Bertz CT molecular complexity index is 959. The van der Waals surface area contributed by atoms with Gasteiger partial charge in [0.15, 0.2) is 11.5 Å². The molecule has 9 heteroatoms. The lowest BCUT2D eigenvalue weighted by Gasteiger charge is -2.42. The third-order valence-corrected chi connectivity index (χ3v) is 5.03. The van der Waals surface area contributed by atoms with Crippen LogP contribution in [0.4, 0.5) is 8.78 Å². The lowest BCUT2D eigenvalue weighted by Crippen LogP contribution is -2.50. The largest absolute Gasteiger partial charge is 0.379 e. The molecule has 1 aliphatic heterocycles. The minimum Gasteiger partial charge on any atom is -0.379 e. The number of hydrogen-bond acceptors (Lipinski definition) is 5. The molecule has 3 heterocycles. The Hall–Kier alpha value is -2.26. The smallest absolute Gasteiger partial charge is 0.184 e. The van der Waals surface area contributed by atoms with Gasteiger partial charge in [-0.15, -0.1) is 5.10 Å². The van der Waals surface area contributed by atoms with Crippen molar-refractivity contribution in [3.8, 4) is 11.4 Å². The third kappa shape index (κ3) is 2.30. The number of rotatable bonds is 2. The highest BCUT2D eigenvalue weighted by molar-refractivity contribution is 9.10. The number of nitrogens with zero attached hydrogens (tertiary/aromatic N) is 5. The molecule has 0 radical (unpaired) electrons. The van der Waals surface area contributed by atoms with Crippen LogP contribution < -0.4 is 0 Å². The SMILES string of the molecule is CC(F)(c1ccc(Br)cn1)C1(O)Cn2nnnc2-c2cc(F)ccc21. The minimum absolute atomic E-state index is 0.0463. The van der Waals surface area contributed by atoms with E-state index in [1.165, 1.54) is 42.1 Å². The monoisotopic (exact) mass is 407 g/mol. The first-order valence-electron chi connectivity index (χ1n) is 7.43. The molecule has 2 atom stereocenters. The summed E-state index contributed by atoms with van der Waals surface area (Å²) < 4.78 is 31.6. The lowest BCUT2D eigenvalue weighted by molar-refractivity contribution is -0.123. The van der Waals surface area contributed by atoms with E-state index in [1.807, 2.05) is 0 Å². The van der Waals surface area contributed by atoms with Crippen molar-refractivity contribution in [2.24, 2.45) is 0 Å². The van der Waals surface area contributed by atoms with Gasteiger partial charge >= 0.3 is 0 Å². The summed E-state index contributed by atoms with van der Waals surface area (Å²) in [5.41, 5.74) is -3.79. The molecule has 1 aromatic carbocycles. The Morgan fingerprint density at radius 1 is 1.32 bits per heavy atom. The van der Waals surface area contributed by atoms with Crippen LogP contribution in [-0.2, 0) is 17.8 Å². The fraction of sp³-hybridized carbons (Fsp3) is 0.250. The van der Waals surface area contributed by atoms with Crippen molar-refractivity contribution in [1.82, 2.24) is 25.2 Å². The first kappa shape index (κ1) is 16.2. The highest BCUT2D eigenvalue weighted by Crippen LogP contribution is 2.49. The van der Waals surface area contributed by atoms with E-state index >= 15 is 4.39 Å². The Balaban J connectivity index is 1.94. The molecule has 0 amide bonds. The number of aromatic nitrogens is 5. The molecule has 6 nitrogen and oxygen atoms in total. The second kappa shape index (κ2) is 5.37. The molecule has 0 saturated heterocycles. The quantitative estimate of drug-likeness (QED) is 0.706. The Morgan fingerprint density at radius 3 is 2.84 bits per heavy atom. The van der Waals surface area contributed by atoms with Crippen molar-refractivity contribution in [2.75, 3.05) is 0 Å². The number of aliphatic hydroxyl groups is 1. The Morgan fingerprint density at radius 2 is 2.12 bits per heavy atom. The predicted octanol–water partition coefficient (Wildman–Crippen LogP) is 2.72. The third-order valence-electron chi connectivity index (χ3n) is 4.56. The average Bonchev–Trinajstić information content (AvgIpc) is 3.03. The summed E-state index contributed by atoms with van der Waals surface area (Å²) in [5.74, 6) is -0.251. The van der Waals surface area contributed by atoms with Gasteiger partial charge in [0.05, 0.1) is 12.2 Å². The lowest BCUT2D eigenvalue weighted by atomic mass is 9.74. The van der Waals surface area contributed by atoms with Crippen molar-refractivity contribution in [3.05, 3.63) is 58.1 Å². The highest BCUT2D eigenvalue weighted by atomic mass is 79.9. The summed E-state index contributed by atoms with van der Waals surface area (Å²) in [7, 11) is 0. The zero-order valence-electron chi connectivity index (χ0n) is 13.0. The maximum Gasteiger partial charge on any atom is 0.184 e. The molecule has 2 aromatic heterocycles. The topological polar surface area (TPSA) is 76.7 Å². The first-order chi connectivity index (χ1) is 11.8. The van der Waals surface area contributed by atoms with E-state index in [4.69, 9.17) is 0 Å². The summed E-state index contributed by atoms with van der Waals surface area (Å²) in [5, 5.41) is 22.5. The second-order valence-corrected chi connectivity index (χ2v) is 6.99. The summed E-state index contributed by atoms with van der Waals surface area (Å²) in [4.78, 5) is 4.09. The van der Waals surface area contributed by atoms with Crippen molar-refractivity contribution in [1.29, 1.82) is 0 Å². The molecule has 0 fully saturated rings. The van der Waals surface area contributed by atoms with Crippen LogP contribution in [0.25, 0.3) is 11.4 Å². The number of pyridine rings is 1. The Labute approximate surface area is 149 Å². The van der Waals surface area contributed by atoms with Gasteiger partial charge < -0.3 is 5.11 Å². The molecule has 128 valence electrons. The predicted molar refractivity (Wildman–Crippen MR) is 87.5 cm³/mol. The van der Waals surface area contributed by atoms with E-state index in [9.17, 15) is 9.50 Å². The number of alkyl halides is 1. The van der Waals surface area contributed by atoms with Crippen molar-refractivity contribution in [2.45, 2.75) is 24.7 Å². The average molecular weight is 408 g/mol. The van der Waals surface area contributed by atoms with Crippen LogP contribution >= 0.6 is 15.9 Å². The van der Waals surface area contributed by atoms with Crippen LogP contribution in [-0.4, -0.2) is 30.3 Å². The van der Waals surface area contributed by atoms with Crippen LogP contribution in [0.5, 0.6) is 0 Å². The molecule has 3 aromatic rings. The van der Waals surface area contributed by atoms with E-state index in [2.05, 4.69) is 36.4 Å². The molecule has 0 spiro atoms. The summed E-state index contributed by atoms with van der Waals surface area (Å²) in [6, 6.07) is 6.85. The second-order valence-electron chi connectivity index (χ2n) is 6.07. The van der Waals surface area contributed by atoms with E-state index in [-0.39, 0.29) is 29.2 Å². The molecule has 0 saturated carbocycles. The summed E-state index contributed by atoms with van der Waals surface area (Å²) in [6.45, 7) is 1.02. The molecule has 0 bridgehead atoms. The van der Waals surface area contributed by atoms with E-state index in [0.717, 1.165) is 0 Å². The van der Waals surface area contributed by atoms with Crippen molar-refractivity contribution < 1.29 is 13.9 Å². The molecular formula is C16H12BrF2N5O. The van der Waals surface area contributed by atoms with Gasteiger partial charge in [-0.2, -0.15) is 0 Å². The molecule has 1 N–H and O–H groups in total. The van der Waals surface area contributed by atoms with Gasteiger partial charge in [0.2, 0.25) is 0 Å². The molecular weight excluding hydrogens is 396 g/mol.